The summed E-state index contributed by atoms with van der Waals surface area (Å²) in [5.74, 6) is 6.52. The number of rotatable bonds is 3. The average Bonchev–Trinajstić information content (AvgIpc) is 2.36. The van der Waals surface area contributed by atoms with Crippen LogP contribution in [0.3, 0.4) is 0 Å². The minimum Gasteiger partial charge on any atom is -0.496 e. The summed E-state index contributed by atoms with van der Waals surface area (Å²) in [6.45, 7) is 4.59. The van der Waals surface area contributed by atoms with Gasteiger partial charge in [-0.3, -0.25) is 5.84 Å². The van der Waals surface area contributed by atoms with E-state index in [9.17, 15) is 0 Å². The number of aryl methyl sites for hydroxylation is 2. The molecule has 5 nitrogen and oxygen atoms in total. The van der Waals surface area contributed by atoms with Crippen molar-refractivity contribution in [3.63, 3.8) is 0 Å². The summed E-state index contributed by atoms with van der Waals surface area (Å²) in [5, 5.41) is 8.14. The van der Waals surface area contributed by atoms with Crippen LogP contribution in [0.5, 0.6) is 0 Å². The third-order valence-electron chi connectivity index (χ3n) is 2.86. The number of nitrogens with two attached hydrogens (primary N) is 1. The monoisotopic (exact) mass is 234 g/mol. The second-order valence-corrected chi connectivity index (χ2v) is 4.22. The first-order valence-electron chi connectivity index (χ1n) is 5.82. The van der Waals surface area contributed by atoms with E-state index in [1.165, 1.54) is 0 Å². The third-order valence-corrected chi connectivity index (χ3v) is 2.86. The fraction of sp³-hybridized carbons (Fsp3) is 0.500. The molecule has 1 aromatic rings. The van der Waals surface area contributed by atoms with Crippen LogP contribution in [0.1, 0.15) is 35.8 Å². The van der Waals surface area contributed by atoms with Gasteiger partial charge in [0.1, 0.15) is 11.8 Å². The third kappa shape index (κ3) is 2.62. The van der Waals surface area contributed by atoms with Gasteiger partial charge in [0, 0.05) is 5.56 Å². The van der Waals surface area contributed by atoms with Gasteiger partial charge < -0.3 is 4.74 Å². The number of nitrogens with zero attached hydrogens (tertiary/aromatic N) is 2. The van der Waals surface area contributed by atoms with E-state index < -0.39 is 0 Å². The summed E-state index contributed by atoms with van der Waals surface area (Å²) >= 11 is 0. The van der Waals surface area contributed by atoms with E-state index in [0.29, 0.717) is 0 Å². The van der Waals surface area contributed by atoms with Crippen molar-refractivity contribution in [2.75, 3.05) is 6.61 Å². The number of hydrazine groups is 1. The van der Waals surface area contributed by atoms with Crippen LogP contribution >= 0.6 is 0 Å². The predicted octanol–water partition coefficient (Wildman–Crippen LogP) is 1.29. The Morgan fingerprint density at radius 1 is 1.41 bits per heavy atom. The molecule has 0 saturated carbocycles. The van der Waals surface area contributed by atoms with Crippen molar-refractivity contribution in [2.24, 2.45) is 5.84 Å². The zero-order valence-electron chi connectivity index (χ0n) is 10.2. The van der Waals surface area contributed by atoms with E-state index in [-0.39, 0.29) is 6.04 Å². The lowest BCUT2D eigenvalue weighted by Gasteiger charge is -2.24. The van der Waals surface area contributed by atoms with Gasteiger partial charge in [-0.2, -0.15) is 10.2 Å². The molecule has 1 aliphatic rings. The summed E-state index contributed by atoms with van der Waals surface area (Å²) in [5.41, 5.74) is 5.56. The van der Waals surface area contributed by atoms with E-state index in [2.05, 4.69) is 21.7 Å². The van der Waals surface area contributed by atoms with Gasteiger partial charge >= 0.3 is 0 Å². The quantitative estimate of drug-likeness (QED) is 0.609. The average molecular weight is 234 g/mol. The van der Waals surface area contributed by atoms with Gasteiger partial charge in [0.2, 0.25) is 0 Å². The molecule has 1 atom stereocenters. The zero-order valence-corrected chi connectivity index (χ0v) is 10.2. The minimum atomic E-state index is -0.135. The Bertz CT molecular complexity index is 431. The number of allylic oxidation sites excluding steroid dienone is 1. The zero-order chi connectivity index (χ0) is 12.3. The van der Waals surface area contributed by atoms with Crippen molar-refractivity contribution in [2.45, 2.75) is 32.7 Å². The molecule has 0 radical (unpaired) electrons. The highest BCUT2D eigenvalue weighted by Crippen LogP contribution is 2.26. The van der Waals surface area contributed by atoms with Crippen LogP contribution in [0.2, 0.25) is 0 Å². The molecule has 92 valence electrons. The lowest BCUT2D eigenvalue weighted by atomic mass is 10.0. The molecule has 1 unspecified atom stereocenters. The molecule has 2 rings (SSSR count). The van der Waals surface area contributed by atoms with E-state index in [1.54, 1.807) is 0 Å². The maximum atomic E-state index is 5.65. The number of aromatic nitrogens is 2. The van der Waals surface area contributed by atoms with E-state index in [1.807, 2.05) is 19.9 Å². The Morgan fingerprint density at radius 3 is 2.88 bits per heavy atom. The van der Waals surface area contributed by atoms with Crippen LogP contribution in [-0.2, 0) is 4.74 Å². The molecular formula is C12H18N4O. The highest BCUT2D eigenvalue weighted by molar-refractivity contribution is 5.29. The van der Waals surface area contributed by atoms with Crippen molar-refractivity contribution in [1.29, 1.82) is 0 Å². The topological polar surface area (TPSA) is 73.1 Å². The highest BCUT2D eigenvalue weighted by atomic mass is 16.5. The van der Waals surface area contributed by atoms with Crippen LogP contribution in [0.15, 0.2) is 17.9 Å². The molecule has 5 heteroatoms. The molecule has 0 fully saturated rings. The first-order chi connectivity index (χ1) is 8.22. The highest BCUT2D eigenvalue weighted by Gasteiger charge is 2.21. The maximum Gasteiger partial charge on any atom is 0.115 e. The van der Waals surface area contributed by atoms with Crippen molar-refractivity contribution in [1.82, 2.24) is 15.6 Å². The molecule has 1 aliphatic heterocycles. The lowest BCUT2D eigenvalue weighted by Crippen LogP contribution is -2.32. The van der Waals surface area contributed by atoms with Gasteiger partial charge in [0.25, 0.3) is 0 Å². The number of hydrogen-bond acceptors (Lipinski definition) is 5. The number of ether oxygens (including phenoxy) is 1. The molecule has 0 aromatic carbocycles. The molecule has 2 heterocycles. The molecule has 0 amide bonds. The summed E-state index contributed by atoms with van der Waals surface area (Å²) in [6, 6.07) is 1.86. The molecule has 1 aromatic heterocycles. The predicted molar refractivity (Wildman–Crippen MR) is 64.8 cm³/mol. The molecule has 0 spiro atoms. The summed E-state index contributed by atoms with van der Waals surface area (Å²) in [6.07, 6.45) is 4.18. The summed E-state index contributed by atoms with van der Waals surface area (Å²) < 4.78 is 5.65. The van der Waals surface area contributed by atoms with Crippen molar-refractivity contribution in [3.05, 3.63) is 34.9 Å². The smallest absolute Gasteiger partial charge is 0.115 e. The van der Waals surface area contributed by atoms with Crippen LogP contribution in [0.4, 0.5) is 0 Å². The SMILES string of the molecule is Cc1cc(C(NN)C2=CCCCO2)c(C)nn1. The first-order valence-corrected chi connectivity index (χ1v) is 5.82. The van der Waals surface area contributed by atoms with Gasteiger partial charge in [-0.15, -0.1) is 0 Å². The van der Waals surface area contributed by atoms with Gasteiger partial charge in [-0.25, -0.2) is 5.43 Å². The molecule has 0 aliphatic carbocycles. The second kappa shape index (κ2) is 5.25. The van der Waals surface area contributed by atoms with Crippen LogP contribution in [-0.4, -0.2) is 16.8 Å². The first kappa shape index (κ1) is 12.0. The second-order valence-electron chi connectivity index (χ2n) is 4.22. The van der Waals surface area contributed by atoms with Crippen molar-refractivity contribution >= 4 is 0 Å². The molecule has 17 heavy (non-hydrogen) atoms. The Labute approximate surface area is 101 Å². The largest absolute Gasteiger partial charge is 0.496 e. The molecule has 3 N–H and O–H groups in total. The Hall–Kier alpha value is -1.46. The van der Waals surface area contributed by atoms with E-state index in [0.717, 1.165) is 42.2 Å². The fourth-order valence-corrected chi connectivity index (χ4v) is 1.97. The van der Waals surface area contributed by atoms with Crippen molar-refractivity contribution < 1.29 is 4.74 Å². The fourth-order valence-electron chi connectivity index (χ4n) is 1.97. The van der Waals surface area contributed by atoms with Crippen LogP contribution in [0, 0.1) is 13.8 Å². The standard InChI is InChI=1S/C12H18N4O/c1-8-7-10(9(2)16-15-8)12(14-13)11-5-3-4-6-17-11/h5,7,12,14H,3-4,6,13H2,1-2H3. The molecular weight excluding hydrogens is 216 g/mol. The Kier molecular flexibility index (Phi) is 3.71. The van der Waals surface area contributed by atoms with Crippen molar-refractivity contribution in [3.8, 4) is 0 Å². The van der Waals surface area contributed by atoms with Crippen LogP contribution in [0.25, 0.3) is 0 Å². The summed E-state index contributed by atoms with van der Waals surface area (Å²) in [4.78, 5) is 0. The Morgan fingerprint density at radius 2 is 2.24 bits per heavy atom. The Balaban J connectivity index is 2.34. The minimum absolute atomic E-state index is 0.135. The molecule has 0 saturated heterocycles. The maximum absolute atomic E-state index is 5.65. The normalized spacial score (nSPS) is 17.2. The summed E-state index contributed by atoms with van der Waals surface area (Å²) in [7, 11) is 0. The lowest BCUT2D eigenvalue weighted by molar-refractivity contribution is 0.167. The van der Waals surface area contributed by atoms with Crippen LogP contribution < -0.4 is 11.3 Å². The van der Waals surface area contributed by atoms with Gasteiger partial charge in [-0.1, -0.05) is 0 Å². The van der Waals surface area contributed by atoms with E-state index in [4.69, 9.17) is 10.6 Å². The number of hydrogen-bond donors (Lipinski definition) is 2. The number of nitrogens with one attached hydrogen (secondary N) is 1. The van der Waals surface area contributed by atoms with Gasteiger partial charge in [-0.05, 0) is 38.8 Å². The molecule has 0 bridgehead atoms. The van der Waals surface area contributed by atoms with Gasteiger partial charge in [0.15, 0.2) is 0 Å². The van der Waals surface area contributed by atoms with Gasteiger partial charge in [0.05, 0.1) is 18.0 Å². The van der Waals surface area contributed by atoms with E-state index >= 15 is 0 Å².